The Hall–Kier alpha value is -1.29. The molecule has 108 valence electrons. The van der Waals surface area contributed by atoms with Crippen molar-refractivity contribution >= 4 is 17.3 Å². The fourth-order valence-corrected chi connectivity index (χ4v) is 4.03. The highest BCUT2D eigenvalue weighted by atomic mass is 32.1. The number of nitrogens with zero attached hydrogens (tertiary/aromatic N) is 2. The number of hydrogen-bond donors (Lipinski definition) is 1. The van der Waals surface area contributed by atoms with E-state index in [1.54, 1.807) is 0 Å². The number of aryl methyl sites for hydroxylation is 1. The van der Waals surface area contributed by atoms with Crippen LogP contribution in [0, 0.1) is 6.92 Å². The highest BCUT2D eigenvalue weighted by Gasteiger charge is 2.18. The van der Waals surface area contributed by atoms with Crippen molar-refractivity contribution in [3.8, 4) is 0 Å². The molecule has 1 N–H and O–H groups in total. The summed E-state index contributed by atoms with van der Waals surface area (Å²) >= 11 is 1.90. The molecule has 2 heterocycles. The molecule has 0 aromatic carbocycles. The standard InChI is InChI=1S/C16H23N3S/c1-12(11-15-8-7-13(2)20-15)19-10-9-17-16(19)18-14-5-3-4-6-14/h7-10,12,14H,3-6,11H2,1-2H3,(H,17,18). The Morgan fingerprint density at radius 1 is 1.40 bits per heavy atom. The van der Waals surface area contributed by atoms with E-state index in [0.717, 1.165) is 12.4 Å². The van der Waals surface area contributed by atoms with E-state index in [4.69, 9.17) is 0 Å². The predicted octanol–water partition coefficient (Wildman–Crippen LogP) is 4.41. The van der Waals surface area contributed by atoms with Crippen molar-refractivity contribution < 1.29 is 0 Å². The van der Waals surface area contributed by atoms with E-state index in [1.165, 1.54) is 35.4 Å². The number of nitrogens with one attached hydrogen (secondary N) is 1. The smallest absolute Gasteiger partial charge is 0.203 e. The van der Waals surface area contributed by atoms with Crippen LogP contribution in [0.2, 0.25) is 0 Å². The average molecular weight is 289 g/mol. The van der Waals surface area contributed by atoms with Gasteiger partial charge in [-0.1, -0.05) is 12.8 Å². The largest absolute Gasteiger partial charge is 0.353 e. The lowest BCUT2D eigenvalue weighted by Gasteiger charge is -2.19. The maximum absolute atomic E-state index is 4.50. The van der Waals surface area contributed by atoms with Gasteiger partial charge in [0, 0.05) is 40.7 Å². The third-order valence-electron chi connectivity index (χ3n) is 4.12. The molecule has 0 spiro atoms. The molecule has 1 saturated carbocycles. The lowest BCUT2D eigenvalue weighted by Crippen LogP contribution is -2.19. The summed E-state index contributed by atoms with van der Waals surface area (Å²) < 4.78 is 2.29. The molecular weight excluding hydrogens is 266 g/mol. The molecule has 3 rings (SSSR count). The van der Waals surface area contributed by atoms with Crippen LogP contribution in [-0.4, -0.2) is 15.6 Å². The van der Waals surface area contributed by atoms with Crippen LogP contribution in [0.25, 0.3) is 0 Å². The van der Waals surface area contributed by atoms with Crippen LogP contribution >= 0.6 is 11.3 Å². The Kier molecular flexibility index (Phi) is 4.10. The summed E-state index contributed by atoms with van der Waals surface area (Å²) in [5.41, 5.74) is 0. The minimum absolute atomic E-state index is 0.444. The first-order chi connectivity index (χ1) is 9.72. The first kappa shape index (κ1) is 13.7. The van der Waals surface area contributed by atoms with Gasteiger partial charge in [0.2, 0.25) is 5.95 Å². The Balaban J connectivity index is 1.68. The summed E-state index contributed by atoms with van der Waals surface area (Å²) in [4.78, 5) is 7.35. The van der Waals surface area contributed by atoms with Gasteiger partial charge in [-0.2, -0.15) is 0 Å². The van der Waals surface area contributed by atoms with E-state index in [-0.39, 0.29) is 0 Å². The molecule has 1 fully saturated rings. The van der Waals surface area contributed by atoms with Crippen molar-refractivity contribution in [1.82, 2.24) is 9.55 Å². The Morgan fingerprint density at radius 2 is 2.20 bits per heavy atom. The first-order valence-electron chi connectivity index (χ1n) is 7.57. The van der Waals surface area contributed by atoms with Gasteiger partial charge in [-0.3, -0.25) is 0 Å². The number of rotatable bonds is 5. The Morgan fingerprint density at radius 3 is 2.90 bits per heavy atom. The van der Waals surface area contributed by atoms with E-state index >= 15 is 0 Å². The maximum atomic E-state index is 4.50. The maximum Gasteiger partial charge on any atom is 0.203 e. The van der Waals surface area contributed by atoms with Crippen molar-refractivity contribution in [3.05, 3.63) is 34.3 Å². The second kappa shape index (κ2) is 6.00. The third-order valence-corrected chi connectivity index (χ3v) is 5.15. The number of aromatic nitrogens is 2. The van der Waals surface area contributed by atoms with Crippen molar-refractivity contribution in [2.45, 2.75) is 58.0 Å². The second-order valence-corrected chi connectivity index (χ2v) is 7.22. The van der Waals surface area contributed by atoms with E-state index in [0.29, 0.717) is 12.1 Å². The van der Waals surface area contributed by atoms with Gasteiger partial charge >= 0.3 is 0 Å². The first-order valence-corrected chi connectivity index (χ1v) is 8.38. The normalized spacial score (nSPS) is 17.5. The van der Waals surface area contributed by atoms with Crippen molar-refractivity contribution in [1.29, 1.82) is 0 Å². The molecule has 2 aromatic heterocycles. The SMILES string of the molecule is Cc1ccc(CC(C)n2ccnc2NC2CCCC2)s1. The zero-order valence-electron chi connectivity index (χ0n) is 12.3. The van der Waals surface area contributed by atoms with Crippen molar-refractivity contribution in [2.75, 3.05) is 5.32 Å². The molecule has 4 heteroatoms. The molecule has 2 aromatic rings. The fourth-order valence-electron chi connectivity index (χ4n) is 3.02. The fraction of sp³-hybridized carbons (Fsp3) is 0.562. The van der Waals surface area contributed by atoms with Gasteiger partial charge in [0.1, 0.15) is 0 Å². The summed E-state index contributed by atoms with van der Waals surface area (Å²) in [5.74, 6) is 1.04. The molecule has 0 bridgehead atoms. The number of thiophene rings is 1. The lowest BCUT2D eigenvalue weighted by molar-refractivity contribution is 0.548. The second-order valence-electron chi connectivity index (χ2n) is 5.85. The van der Waals surface area contributed by atoms with Crippen molar-refractivity contribution in [2.24, 2.45) is 0 Å². The zero-order valence-corrected chi connectivity index (χ0v) is 13.1. The molecule has 1 atom stereocenters. The van der Waals surface area contributed by atoms with Gasteiger partial charge in [0.25, 0.3) is 0 Å². The number of anilines is 1. The van der Waals surface area contributed by atoms with Crippen LogP contribution in [0.3, 0.4) is 0 Å². The number of imidazole rings is 1. The highest BCUT2D eigenvalue weighted by Crippen LogP contribution is 2.26. The average Bonchev–Trinajstić information content (AvgIpc) is 3.12. The molecule has 0 amide bonds. The highest BCUT2D eigenvalue weighted by molar-refractivity contribution is 7.11. The predicted molar refractivity (Wildman–Crippen MR) is 85.6 cm³/mol. The molecule has 1 aliphatic rings. The Labute approximate surface area is 125 Å². The monoisotopic (exact) mass is 289 g/mol. The van der Waals surface area contributed by atoms with Crippen LogP contribution in [0.15, 0.2) is 24.5 Å². The van der Waals surface area contributed by atoms with E-state index in [1.807, 2.05) is 17.5 Å². The molecule has 1 unspecified atom stereocenters. The third kappa shape index (κ3) is 3.06. The molecule has 0 radical (unpaired) electrons. The van der Waals surface area contributed by atoms with E-state index in [9.17, 15) is 0 Å². The molecule has 0 saturated heterocycles. The van der Waals surface area contributed by atoms with Gasteiger partial charge in [0.05, 0.1) is 0 Å². The summed E-state index contributed by atoms with van der Waals surface area (Å²) in [5, 5.41) is 3.62. The zero-order chi connectivity index (χ0) is 13.9. The summed E-state index contributed by atoms with van der Waals surface area (Å²) in [6, 6.07) is 5.52. The molecular formula is C16H23N3S. The summed E-state index contributed by atoms with van der Waals surface area (Å²) in [6.07, 6.45) is 10.4. The minimum Gasteiger partial charge on any atom is -0.353 e. The van der Waals surface area contributed by atoms with Gasteiger partial charge in [-0.15, -0.1) is 11.3 Å². The van der Waals surface area contributed by atoms with Gasteiger partial charge in [-0.05, 0) is 38.8 Å². The minimum atomic E-state index is 0.444. The van der Waals surface area contributed by atoms with Crippen LogP contribution in [-0.2, 0) is 6.42 Å². The van der Waals surface area contributed by atoms with Gasteiger partial charge in [0.15, 0.2) is 0 Å². The van der Waals surface area contributed by atoms with Crippen LogP contribution in [0.1, 0.15) is 48.4 Å². The van der Waals surface area contributed by atoms with Gasteiger partial charge < -0.3 is 9.88 Å². The van der Waals surface area contributed by atoms with E-state index < -0.39 is 0 Å². The van der Waals surface area contributed by atoms with E-state index in [2.05, 4.69) is 47.0 Å². The Bertz CT molecular complexity index is 552. The van der Waals surface area contributed by atoms with Crippen molar-refractivity contribution in [3.63, 3.8) is 0 Å². The molecule has 0 aliphatic heterocycles. The molecule has 3 nitrogen and oxygen atoms in total. The van der Waals surface area contributed by atoms with Crippen LogP contribution in [0.5, 0.6) is 0 Å². The van der Waals surface area contributed by atoms with Crippen LogP contribution in [0.4, 0.5) is 5.95 Å². The molecule has 20 heavy (non-hydrogen) atoms. The summed E-state index contributed by atoms with van der Waals surface area (Å²) in [7, 11) is 0. The number of hydrogen-bond acceptors (Lipinski definition) is 3. The van der Waals surface area contributed by atoms with Crippen LogP contribution < -0.4 is 5.32 Å². The quantitative estimate of drug-likeness (QED) is 0.883. The lowest BCUT2D eigenvalue weighted by atomic mass is 10.2. The topological polar surface area (TPSA) is 29.9 Å². The molecule has 1 aliphatic carbocycles. The summed E-state index contributed by atoms with van der Waals surface area (Å²) in [6.45, 7) is 4.44. The van der Waals surface area contributed by atoms with Gasteiger partial charge in [-0.25, -0.2) is 4.98 Å².